The van der Waals surface area contributed by atoms with Crippen LogP contribution in [0.2, 0.25) is 0 Å². The van der Waals surface area contributed by atoms with E-state index < -0.39 is 11.5 Å². The Labute approximate surface area is 177 Å². The zero-order valence-corrected chi connectivity index (χ0v) is 17.8. The predicted molar refractivity (Wildman–Crippen MR) is 115 cm³/mol. The lowest BCUT2D eigenvalue weighted by molar-refractivity contribution is -0.169. The van der Waals surface area contributed by atoms with Crippen LogP contribution in [0.25, 0.3) is 11.1 Å². The maximum Gasteiger partial charge on any atom is 0.235 e. The van der Waals surface area contributed by atoms with Crippen LogP contribution in [0.15, 0.2) is 54.6 Å². The van der Waals surface area contributed by atoms with Gasteiger partial charge in [0, 0.05) is 5.92 Å². The fourth-order valence-corrected chi connectivity index (χ4v) is 4.90. The number of carbonyl (C=O) groups is 2. The number of benzene rings is 2. The van der Waals surface area contributed by atoms with Crippen LogP contribution in [0.1, 0.15) is 33.6 Å². The van der Waals surface area contributed by atoms with Gasteiger partial charge in [-0.25, -0.2) is 0 Å². The number of aliphatic hydroxyl groups excluding tert-OH is 1. The molecule has 1 aliphatic heterocycles. The first kappa shape index (κ1) is 20.6. The summed E-state index contributed by atoms with van der Waals surface area (Å²) in [7, 11) is 0. The molecule has 2 bridgehead atoms. The molecule has 1 aliphatic carbocycles. The highest BCUT2D eigenvalue weighted by atomic mass is 16.5. The van der Waals surface area contributed by atoms with E-state index in [1.54, 1.807) is 0 Å². The SMILES string of the molecule is CC1(C)[C@H]2CC[C@]1(C)C(=O)N(C[C@H](O)COc1ccc(-c3ccccc3)cc1)C2=O. The van der Waals surface area contributed by atoms with Crippen molar-refractivity contribution in [1.29, 1.82) is 0 Å². The van der Waals surface area contributed by atoms with Crippen molar-refractivity contribution in [3.63, 3.8) is 0 Å². The van der Waals surface area contributed by atoms with E-state index in [1.807, 2.05) is 75.4 Å². The Morgan fingerprint density at radius 2 is 1.67 bits per heavy atom. The van der Waals surface area contributed by atoms with Gasteiger partial charge in [-0.1, -0.05) is 63.2 Å². The third-order valence-corrected chi connectivity index (χ3v) is 7.30. The molecule has 1 N–H and O–H groups in total. The van der Waals surface area contributed by atoms with E-state index in [4.69, 9.17) is 4.74 Å². The number of fused-ring (bicyclic) bond motifs is 2. The normalized spacial score (nSPS) is 26.0. The van der Waals surface area contributed by atoms with Gasteiger partial charge < -0.3 is 9.84 Å². The minimum absolute atomic E-state index is 0.0204. The second-order valence-corrected chi connectivity index (χ2v) is 9.25. The van der Waals surface area contributed by atoms with Gasteiger partial charge in [-0.15, -0.1) is 0 Å². The minimum Gasteiger partial charge on any atom is -0.491 e. The van der Waals surface area contributed by atoms with Gasteiger partial charge in [0.15, 0.2) is 0 Å². The Morgan fingerprint density at radius 1 is 1.03 bits per heavy atom. The Hall–Kier alpha value is -2.66. The van der Waals surface area contributed by atoms with E-state index in [2.05, 4.69) is 0 Å². The fourth-order valence-electron chi connectivity index (χ4n) is 4.90. The van der Waals surface area contributed by atoms with Gasteiger partial charge in [0.1, 0.15) is 18.5 Å². The summed E-state index contributed by atoms with van der Waals surface area (Å²) in [5.74, 6) is 0.140. The molecule has 1 saturated carbocycles. The van der Waals surface area contributed by atoms with Crippen molar-refractivity contribution in [1.82, 2.24) is 4.90 Å². The molecule has 0 aromatic heterocycles. The number of carbonyl (C=O) groups excluding carboxylic acids is 2. The molecule has 3 atom stereocenters. The maximum absolute atomic E-state index is 13.1. The summed E-state index contributed by atoms with van der Waals surface area (Å²) in [6, 6.07) is 17.7. The fraction of sp³-hybridized carbons (Fsp3) is 0.440. The largest absolute Gasteiger partial charge is 0.491 e. The van der Waals surface area contributed by atoms with Crippen LogP contribution in [-0.4, -0.2) is 41.1 Å². The highest BCUT2D eigenvalue weighted by molar-refractivity contribution is 6.03. The third-order valence-electron chi connectivity index (χ3n) is 7.30. The van der Waals surface area contributed by atoms with Crippen LogP contribution in [0.4, 0.5) is 0 Å². The number of rotatable bonds is 6. The first-order valence-corrected chi connectivity index (χ1v) is 10.6. The van der Waals surface area contributed by atoms with Gasteiger partial charge in [0.25, 0.3) is 0 Å². The molecule has 2 fully saturated rings. The molecule has 0 spiro atoms. The lowest BCUT2D eigenvalue weighted by Gasteiger charge is -2.48. The average Bonchev–Trinajstić information content (AvgIpc) is 2.94. The Morgan fingerprint density at radius 3 is 2.33 bits per heavy atom. The number of hydrogen-bond donors (Lipinski definition) is 1. The molecular weight excluding hydrogens is 378 g/mol. The summed E-state index contributed by atoms with van der Waals surface area (Å²) in [4.78, 5) is 27.2. The van der Waals surface area contributed by atoms with Crippen molar-refractivity contribution in [2.45, 2.75) is 39.7 Å². The van der Waals surface area contributed by atoms with Crippen LogP contribution in [0.5, 0.6) is 5.75 Å². The van der Waals surface area contributed by atoms with Crippen LogP contribution >= 0.6 is 0 Å². The maximum atomic E-state index is 13.1. The van der Waals surface area contributed by atoms with Crippen molar-refractivity contribution in [3.05, 3.63) is 54.6 Å². The van der Waals surface area contributed by atoms with Crippen LogP contribution in [0, 0.1) is 16.7 Å². The molecule has 4 rings (SSSR count). The minimum atomic E-state index is -0.934. The first-order chi connectivity index (χ1) is 14.2. The van der Waals surface area contributed by atoms with E-state index in [9.17, 15) is 14.7 Å². The molecule has 2 aliphatic rings. The topological polar surface area (TPSA) is 66.8 Å². The highest BCUT2D eigenvalue weighted by Crippen LogP contribution is 2.60. The molecule has 5 heteroatoms. The number of aliphatic hydroxyl groups is 1. The molecule has 30 heavy (non-hydrogen) atoms. The Bertz CT molecular complexity index is 937. The monoisotopic (exact) mass is 407 g/mol. The molecule has 2 aromatic rings. The molecule has 0 radical (unpaired) electrons. The number of hydrogen-bond acceptors (Lipinski definition) is 4. The Balaban J connectivity index is 1.37. The summed E-state index contributed by atoms with van der Waals surface area (Å²) < 4.78 is 5.71. The molecule has 1 heterocycles. The zero-order valence-electron chi connectivity index (χ0n) is 17.8. The van der Waals surface area contributed by atoms with Gasteiger partial charge in [-0.05, 0) is 41.5 Å². The van der Waals surface area contributed by atoms with Crippen LogP contribution in [0.3, 0.4) is 0 Å². The second kappa shape index (κ2) is 7.55. The van der Waals surface area contributed by atoms with E-state index in [-0.39, 0.29) is 36.3 Å². The zero-order chi connectivity index (χ0) is 21.5. The number of nitrogens with zero attached hydrogens (tertiary/aromatic N) is 1. The molecule has 5 nitrogen and oxygen atoms in total. The van der Waals surface area contributed by atoms with Crippen molar-refractivity contribution in [2.24, 2.45) is 16.7 Å². The molecule has 2 amide bonds. The van der Waals surface area contributed by atoms with Gasteiger partial charge in [0.2, 0.25) is 11.8 Å². The number of imide groups is 1. The van der Waals surface area contributed by atoms with Gasteiger partial charge in [-0.2, -0.15) is 0 Å². The van der Waals surface area contributed by atoms with E-state index in [0.29, 0.717) is 12.2 Å². The van der Waals surface area contributed by atoms with Gasteiger partial charge >= 0.3 is 0 Å². The van der Waals surface area contributed by atoms with Crippen LogP contribution in [-0.2, 0) is 9.59 Å². The van der Waals surface area contributed by atoms with Crippen molar-refractivity contribution in [2.75, 3.05) is 13.2 Å². The average molecular weight is 408 g/mol. The first-order valence-electron chi connectivity index (χ1n) is 10.6. The molecule has 158 valence electrons. The quantitative estimate of drug-likeness (QED) is 0.738. The smallest absolute Gasteiger partial charge is 0.235 e. The molecular formula is C25H29NO4. The van der Waals surface area contributed by atoms with Crippen molar-refractivity contribution >= 4 is 11.8 Å². The summed E-state index contributed by atoms with van der Waals surface area (Å²) in [5, 5.41) is 10.5. The lowest BCUT2D eigenvalue weighted by atomic mass is 9.62. The summed E-state index contributed by atoms with van der Waals surface area (Å²) >= 11 is 0. The number of amides is 2. The van der Waals surface area contributed by atoms with E-state index in [0.717, 1.165) is 17.5 Å². The van der Waals surface area contributed by atoms with E-state index in [1.165, 1.54) is 4.90 Å². The van der Waals surface area contributed by atoms with Gasteiger partial charge in [-0.3, -0.25) is 14.5 Å². The summed E-state index contributed by atoms with van der Waals surface area (Å²) in [5.41, 5.74) is 1.30. The van der Waals surface area contributed by atoms with E-state index >= 15 is 0 Å². The number of β-amino-alcohol motifs (C(OH)–C–C–N with tert-alkyl or cyclic N) is 1. The number of likely N-dealkylation sites (tertiary alicyclic amines) is 1. The predicted octanol–water partition coefficient (Wildman–Crippen LogP) is 3.90. The second-order valence-electron chi connectivity index (χ2n) is 9.25. The number of ether oxygens (including phenoxy) is 1. The standard InChI is InChI=1S/C25H29NO4/c1-24(2)21-13-14-25(24,3)23(29)26(22(21)28)15-19(27)16-30-20-11-9-18(10-12-20)17-7-5-4-6-8-17/h4-12,19,21,27H,13-16H2,1-3H3/t19-,21-,25+/m0/s1. The van der Waals surface area contributed by atoms with Crippen LogP contribution < -0.4 is 4.74 Å². The Kier molecular flexibility index (Phi) is 5.18. The lowest BCUT2D eigenvalue weighted by Crippen LogP contribution is -2.60. The van der Waals surface area contributed by atoms with Crippen molar-refractivity contribution < 1.29 is 19.4 Å². The molecule has 2 aromatic carbocycles. The number of piperidine rings is 1. The highest BCUT2D eigenvalue weighted by Gasteiger charge is 2.64. The summed E-state index contributed by atoms with van der Waals surface area (Å²) in [6.45, 7) is 5.97. The third kappa shape index (κ3) is 3.31. The molecule has 1 saturated heterocycles. The molecule has 0 unspecified atom stereocenters. The van der Waals surface area contributed by atoms with Crippen molar-refractivity contribution in [3.8, 4) is 16.9 Å². The summed E-state index contributed by atoms with van der Waals surface area (Å²) in [6.07, 6.45) is 0.507. The van der Waals surface area contributed by atoms with Gasteiger partial charge in [0.05, 0.1) is 12.0 Å².